The molecule has 94 valence electrons. The topological polar surface area (TPSA) is 83.8 Å². The number of aromatic amines is 1. The van der Waals surface area contributed by atoms with Crippen LogP contribution in [0.1, 0.15) is 36.1 Å². The van der Waals surface area contributed by atoms with E-state index in [1.54, 1.807) is 24.5 Å². The number of anilines is 2. The van der Waals surface area contributed by atoms with E-state index >= 15 is 0 Å². The fraction of sp³-hybridized carbons (Fsp3) is 0.231. The Labute approximate surface area is 105 Å². The maximum absolute atomic E-state index is 11.4. The van der Waals surface area contributed by atoms with Crippen LogP contribution in [0.2, 0.25) is 0 Å². The van der Waals surface area contributed by atoms with Gasteiger partial charge in [-0.1, -0.05) is 0 Å². The minimum absolute atomic E-state index is 0.0310. The van der Waals surface area contributed by atoms with Gasteiger partial charge in [0.2, 0.25) is 0 Å². The number of aromatic nitrogens is 2. The summed E-state index contributed by atoms with van der Waals surface area (Å²) < 4.78 is 0. The Balaban J connectivity index is 2.20. The number of rotatable bonds is 4. The normalized spacial score (nSPS) is 12.1. The molecule has 0 aliphatic rings. The molecular formula is C13H16N4O. The lowest BCUT2D eigenvalue weighted by molar-refractivity contribution is 0.101. The predicted octanol–water partition coefficient (Wildman–Crippen LogP) is 2.37. The maximum Gasteiger partial charge on any atom is 0.161 e. The second-order valence-corrected chi connectivity index (χ2v) is 4.20. The fourth-order valence-corrected chi connectivity index (χ4v) is 1.78. The molecule has 0 radical (unpaired) electrons. The number of benzene rings is 1. The Kier molecular flexibility index (Phi) is 3.32. The van der Waals surface area contributed by atoms with Crippen LogP contribution >= 0.6 is 0 Å². The van der Waals surface area contributed by atoms with Crippen LogP contribution < -0.4 is 11.1 Å². The van der Waals surface area contributed by atoms with Gasteiger partial charge in [0.1, 0.15) is 5.82 Å². The number of nitrogens with one attached hydrogen (secondary N) is 2. The molecule has 0 spiro atoms. The first-order valence-electron chi connectivity index (χ1n) is 5.74. The molecule has 0 saturated heterocycles. The lowest BCUT2D eigenvalue weighted by atomic mass is 10.1. The second-order valence-electron chi connectivity index (χ2n) is 4.20. The third kappa shape index (κ3) is 2.51. The Morgan fingerprint density at radius 2 is 2.28 bits per heavy atom. The number of carbonyl (C=O) groups is 1. The van der Waals surface area contributed by atoms with Gasteiger partial charge in [-0.2, -0.15) is 0 Å². The molecule has 0 aliphatic heterocycles. The molecule has 1 aromatic heterocycles. The number of nitrogen functional groups attached to an aromatic ring is 1. The molecule has 2 rings (SSSR count). The van der Waals surface area contributed by atoms with Crippen molar-refractivity contribution < 1.29 is 4.79 Å². The number of ketones is 1. The second kappa shape index (κ2) is 4.91. The lowest BCUT2D eigenvalue weighted by Crippen LogP contribution is -2.09. The highest BCUT2D eigenvalue weighted by Crippen LogP contribution is 2.21. The summed E-state index contributed by atoms with van der Waals surface area (Å²) in [5.41, 5.74) is 7.63. The Morgan fingerprint density at radius 3 is 2.89 bits per heavy atom. The Morgan fingerprint density at radius 1 is 1.50 bits per heavy atom. The first-order chi connectivity index (χ1) is 8.58. The van der Waals surface area contributed by atoms with Gasteiger partial charge in [-0.05, 0) is 32.0 Å². The van der Waals surface area contributed by atoms with Crippen molar-refractivity contribution in [1.82, 2.24) is 9.97 Å². The van der Waals surface area contributed by atoms with Gasteiger partial charge in [-0.15, -0.1) is 0 Å². The highest BCUT2D eigenvalue weighted by molar-refractivity contribution is 6.00. The maximum atomic E-state index is 11.4. The molecule has 0 aliphatic carbocycles. The summed E-state index contributed by atoms with van der Waals surface area (Å²) >= 11 is 0. The van der Waals surface area contributed by atoms with Crippen LogP contribution in [0.15, 0.2) is 30.6 Å². The van der Waals surface area contributed by atoms with E-state index in [4.69, 9.17) is 5.73 Å². The van der Waals surface area contributed by atoms with E-state index in [9.17, 15) is 4.79 Å². The molecule has 1 atom stereocenters. The molecule has 1 unspecified atom stereocenters. The van der Waals surface area contributed by atoms with Crippen molar-refractivity contribution in [2.45, 2.75) is 19.9 Å². The number of nitrogens with two attached hydrogens (primary N) is 1. The predicted molar refractivity (Wildman–Crippen MR) is 71.5 cm³/mol. The van der Waals surface area contributed by atoms with Crippen LogP contribution in [0.5, 0.6) is 0 Å². The largest absolute Gasteiger partial charge is 0.398 e. The monoisotopic (exact) mass is 244 g/mol. The summed E-state index contributed by atoms with van der Waals surface area (Å²) in [5.74, 6) is 0.804. The molecule has 18 heavy (non-hydrogen) atoms. The number of Topliss-reactive ketones (excluding diaryl/α,β-unsaturated/α-hetero) is 1. The molecule has 2 aromatic rings. The molecule has 0 bridgehead atoms. The van der Waals surface area contributed by atoms with Crippen LogP contribution in [-0.4, -0.2) is 15.8 Å². The van der Waals surface area contributed by atoms with Crippen LogP contribution in [0.25, 0.3) is 0 Å². The van der Waals surface area contributed by atoms with E-state index in [0.717, 1.165) is 11.5 Å². The van der Waals surface area contributed by atoms with Crippen molar-refractivity contribution in [3.63, 3.8) is 0 Å². The molecule has 5 nitrogen and oxygen atoms in total. The SMILES string of the molecule is CC(=O)c1cc(NC(C)c2ncc[nH]2)ccc1N. The van der Waals surface area contributed by atoms with Crippen molar-refractivity contribution in [3.05, 3.63) is 42.0 Å². The summed E-state index contributed by atoms with van der Waals surface area (Å²) in [6, 6.07) is 5.37. The zero-order valence-electron chi connectivity index (χ0n) is 10.4. The molecule has 0 saturated carbocycles. The van der Waals surface area contributed by atoms with Crippen molar-refractivity contribution >= 4 is 17.2 Å². The van der Waals surface area contributed by atoms with Gasteiger partial charge >= 0.3 is 0 Å². The van der Waals surface area contributed by atoms with E-state index in [1.165, 1.54) is 6.92 Å². The van der Waals surface area contributed by atoms with Gasteiger partial charge < -0.3 is 16.0 Å². The minimum atomic E-state index is -0.0400. The van der Waals surface area contributed by atoms with Crippen molar-refractivity contribution in [2.24, 2.45) is 0 Å². The van der Waals surface area contributed by atoms with Gasteiger partial charge in [-0.25, -0.2) is 4.98 Å². The summed E-state index contributed by atoms with van der Waals surface area (Å²) in [4.78, 5) is 18.6. The highest BCUT2D eigenvalue weighted by atomic mass is 16.1. The molecule has 0 amide bonds. The van der Waals surface area contributed by atoms with Crippen molar-refractivity contribution in [1.29, 1.82) is 0 Å². The molecule has 1 heterocycles. The van der Waals surface area contributed by atoms with E-state index in [2.05, 4.69) is 15.3 Å². The number of hydrogen-bond acceptors (Lipinski definition) is 4. The number of H-pyrrole nitrogens is 1. The molecule has 1 aromatic carbocycles. The standard InChI is InChI=1S/C13H16N4O/c1-8(13-15-5-6-16-13)17-10-3-4-12(14)11(7-10)9(2)18/h3-8,17H,14H2,1-2H3,(H,15,16). The molecule has 5 heteroatoms. The smallest absolute Gasteiger partial charge is 0.161 e. The van der Waals surface area contributed by atoms with Crippen LogP contribution in [0.4, 0.5) is 11.4 Å². The van der Waals surface area contributed by atoms with Gasteiger partial charge in [0, 0.05) is 29.3 Å². The lowest BCUT2D eigenvalue weighted by Gasteiger charge is -2.14. The summed E-state index contributed by atoms with van der Waals surface area (Å²) in [7, 11) is 0. The Hall–Kier alpha value is -2.30. The number of carbonyl (C=O) groups excluding carboxylic acids is 1. The number of imidazole rings is 1. The summed E-state index contributed by atoms with van der Waals surface area (Å²) in [5, 5.41) is 3.27. The van der Waals surface area contributed by atoms with Crippen molar-refractivity contribution in [3.8, 4) is 0 Å². The molecular weight excluding hydrogens is 228 g/mol. The minimum Gasteiger partial charge on any atom is -0.398 e. The number of hydrogen-bond donors (Lipinski definition) is 3. The molecule has 0 fully saturated rings. The van der Waals surface area contributed by atoms with E-state index in [-0.39, 0.29) is 11.8 Å². The van der Waals surface area contributed by atoms with E-state index in [0.29, 0.717) is 11.3 Å². The third-order valence-corrected chi connectivity index (χ3v) is 2.75. The zero-order valence-corrected chi connectivity index (χ0v) is 10.4. The highest BCUT2D eigenvalue weighted by Gasteiger charge is 2.10. The summed E-state index contributed by atoms with van der Waals surface area (Å²) in [6.45, 7) is 3.49. The van der Waals surface area contributed by atoms with E-state index < -0.39 is 0 Å². The van der Waals surface area contributed by atoms with Gasteiger partial charge in [0.05, 0.1) is 6.04 Å². The van der Waals surface area contributed by atoms with Gasteiger partial charge in [-0.3, -0.25) is 4.79 Å². The Bertz CT molecular complexity index is 548. The third-order valence-electron chi connectivity index (χ3n) is 2.75. The molecule has 4 N–H and O–H groups in total. The number of nitrogens with zero attached hydrogens (tertiary/aromatic N) is 1. The quantitative estimate of drug-likeness (QED) is 0.569. The average Bonchev–Trinajstić information content (AvgIpc) is 2.85. The summed E-state index contributed by atoms with van der Waals surface area (Å²) in [6.07, 6.45) is 3.48. The van der Waals surface area contributed by atoms with Crippen LogP contribution in [0.3, 0.4) is 0 Å². The van der Waals surface area contributed by atoms with Gasteiger partial charge in [0.25, 0.3) is 0 Å². The van der Waals surface area contributed by atoms with Crippen LogP contribution in [-0.2, 0) is 0 Å². The first kappa shape index (κ1) is 12.2. The zero-order chi connectivity index (χ0) is 13.1. The van der Waals surface area contributed by atoms with Crippen molar-refractivity contribution in [2.75, 3.05) is 11.1 Å². The first-order valence-corrected chi connectivity index (χ1v) is 5.74. The van der Waals surface area contributed by atoms with E-state index in [1.807, 2.05) is 13.0 Å². The average molecular weight is 244 g/mol. The van der Waals surface area contributed by atoms with Crippen LogP contribution in [0, 0.1) is 0 Å². The van der Waals surface area contributed by atoms with Gasteiger partial charge in [0.15, 0.2) is 5.78 Å². The fourth-order valence-electron chi connectivity index (χ4n) is 1.78.